The number of pyridine rings is 1. The van der Waals surface area contributed by atoms with E-state index in [0.717, 1.165) is 16.5 Å². The smallest absolute Gasteiger partial charge is 0.273 e. The molecule has 2 rings (SSSR count). The van der Waals surface area contributed by atoms with E-state index in [2.05, 4.69) is 20.9 Å². The lowest BCUT2D eigenvalue weighted by Crippen LogP contribution is -2.38. The van der Waals surface area contributed by atoms with E-state index in [4.69, 9.17) is 9.84 Å². The van der Waals surface area contributed by atoms with Crippen molar-refractivity contribution in [2.45, 2.75) is 32.4 Å². The molecule has 25 heavy (non-hydrogen) atoms. The molecule has 1 aromatic carbocycles. The van der Waals surface area contributed by atoms with E-state index < -0.39 is 0 Å². The standard InChI is InChI=1S/C19H23BrN2O3/c1-14(7-6-12-23)22(13-15-8-3-4-9-16(15)20)19(24)17-10-5-11-18(21-17)25-2/h3-5,8-11,14,23H,6-7,12-13H2,1-2H3. The number of benzene rings is 1. The maximum atomic E-state index is 13.1. The van der Waals surface area contributed by atoms with Crippen LogP contribution in [0.1, 0.15) is 35.8 Å². The van der Waals surface area contributed by atoms with Gasteiger partial charge in [0.05, 0.1) is 7.11 Å². The monoisotopic (exact) mass is 406 g/mol. The minimum absolute atomic E-state index is 0.0280. The van der Waals surface area contributed by atoms with Crippen LogP contribution in [0.4, 0.5) is 0 Å². The third-order valence-electron chi connectivity index (χ3n) is 4.02. The molecule has 0 saturated carbocycles. The number of halogens is 1. The van der Waals surface area contributed by atoms with Crippen LogP contribution in [0.25, 0.3) is 0 Å². The number of aliphatic hydroxyl groups excluding tert-OH is 1. The third kappa shape index (κ3) is 5.28. The quantitative estimate of drug-likeness (QED) is 0.726. The Kier molecular flexibility index (Phi) is 7.40. The van der Waals surface area contributed by atoms with E-state index in [1.54, 1.807) is 23.1 Å². The van der Waals surface area contributed by atoms with Crippen molar-refractivity contribution in [1.82, 2.24) is 9.88 Å². The summed E-state index contributed by atoms with van der Waals surface area (Å²) in [6.07, 6.45) is 1.36. The number of aromatic nitrogens is 1. The fourth-order valence-electron chi connectivity index (χ4n) is 2.58. The van der Waals surface area contributed by atoms with Crippen LogP contribution in [-0.2, 0) is 6.54 Å². The van der Waals surface area contributed by atoms with Crippen LogP contribution >= 0.6 is 15.9 Å². The van der Waals surface area contributed by atoms with Crippen molar-refractivity contribution in [3.05, 3.63) is 58.2 Å². The molecule has 0 fully saturated rings. The molecule has 0 aliphatic rings. The summed E-state index contributed by atoms with van der Waals surface area (Å²) >= 11 is 3.54. The molecule has 1 amide bonds. The maximum absolute atomic E-state index is 13.1. The van der Waals surface area contributed by atoms with Gasteiger partial charge in [-0.2, -0.15) is 0 Å². The zero-order valence-corrected chi connectivity index (χ0v) is 16.1. The molecule has 1 atom stereocenters. The van der Waals surface area contributed by atoms with E-state index in [1.807, 2.05) is 31.2 Å². The molecule has 6 heteroatoms. The molecule has 2 aromatic rings. The van der Waals surface area contributed by atoms with Crippen molar-refractivity contribution in [2.75, 3.05) is 13.7 Å². The van der Waals surface area contributed by atoms with Crippen molar-refractivity contribution >= 4 is 21.8 Å². The number of carbonyl (C=O) groups excluding carboxylic acids is 1. The lowest BCUT2D eigenvalue weighted by Gasteiger charge is -2.29. The van der Waals surface area contributed by atoms with Crippen molar-refractivity contribution in [1.29, 1.82) is 0 Å². The zero-order chi connectivity index (χ0) is 18.2. The summed E-state index contributed by atoms with van der Waals surface area (Å²) < 4.78 is 6.08. The minimum Gasteiger partial charge on any atom is -0.481 e. The van der Waals surface area contributed by atoms with Crippen LogP contribution in [-0.4, -0.2) is 40.7 Å². The first-order valence-electron chi connectivity index (χ1n) is 8.23. The van der Waals surface area contributed by atoms with Gasteiger partial charge in [0, 0.05) is 29.7 Å². The molecule has 5 nitrogen and oxygen atoms in total. The topological polar surface area (TPSA) is 62.7 Å². The highest BCUT2D eigenvalue weighted by molar-refractivity contribution is 9.10. The molecule has 1 N–H and O–H groups in total. The molecule has 0 aliphatic carbocycles. The molecule has 0 aliphatic heterocycles. The molecule has 134 valence electrons. The summed E-state index contributed by atoms with van der Waals surface area (Å²) in [5.74, 6) is 0.259. The molecule has 1 unspecified atom stereocenters. The van der Waals surface area contributed by atoms with Gasteiger partial charge in [-0.05, 0) is 37.5 Å². The first kappa shape index (κ1) is 19.4. The summed E-state index contributed by atoms with van der Waals surface area (Å²) in [5.41, 5.74) is 1.37. The molecule has 1 aromatic heterocycles. The van der Waals surface area contributed by atoms with E-state index in [0.29, 0.717) is 24.5 Å². The Balaban J connectivity index is 2.29. The Bertz CT molecular complexity index is 709. The van der Waals surface area contributed by atoms with Crippen LogP contribution in [0.5, 0.6) is 5.88 Å². The van der Waals surface area contributed by atoms with Crippen LogP contribution < -0.4 is 4.74 Å². The predicted molar refractivity (Wildman–Crippen MR) is 101 cm³/mol. The summed E-state index contributed by atoms with van der Waals surface area (Å²) in [7, 11) is 1.53. The summed E-state index contributed by atoms with van der Waals surface area (Å²) in [4.78, 5) is 19.1. The average Bonchev–Trinajstić information content (AvgIpc) is 2.65. The van der Waals surface area contributed by atoms with Crippen LogP contribution in [0, 0.1) is 0 Å². The highest BCUT2D eigenvalue weighted by atomic mass is 79.9. The highest BCUT2D eigenvalue weighted by Gasteiger charge is 2.23. The van der Waals surface area contributed by atoms with Gasteiger partial charge in [-0.3, -0.25) is 4.79 Å². The number of carbonyl (C=O) groups is 1. The predicted octanol–water partition coefficient (Wildman–Crippen LogP) is 3.66. The summed E-state index contributed by atoms with van der Waals surface area (Å²) in [6, 6.07) is 13.0. The number of hydrogen-bond acceptors (Lipinski definition) is 4. The Hall–Kier alpha value is -1.92. The first-order valence-corrected chi connectivity index (χ1v) is 9.02. The second kappa shape index (κ2) is 9.53. The number of aliphatic hydroxyl groups is 1. The number of methoxy groups -OCH3 is 1. The van der Waals surface area contributed by atoms with Crippen LogP contribution in [0.3, 0.4) is 0 Å². The Morgan fingerprint density at radius 1 is 1.28 bits per heavy atom. The van der Waals surface area contributed by atoms with Crippen molar-refractivity contribution < 1.29 is 14.6 Å². The second-order valence-electron chi connectivity index (χ2n) is 5.80. The lowest BCUT2D eigenvalue weighted by molar-refractivity contribution is 0.0652. The van der Waals surface area contributed by atoms with Gasteiger partial charge in [0.25, 0.3) is 5.91 Å². The maximum Gasteiger partial charge on any atom is 0.273 e. The van der Waals surface area contributed by atoms with Crippen molar-refractivity contribution in [3.63, 3.8) is 0 Å². The number of amides is 1. The van der Waals surface area contributed by atoms with Gasteiger partial charge in [0.1, 0.15) is 5.69 Å². The molecular weight excluding hydrogens is 384 g/mol. The number of ether oxygens (including phenoxy) is 1. The second-order valence-corrected chi connectivity index (χ2v) is 6.66. The largest absolute Gasteiger partial charge is 0.481 e. The van der Waals surface area contributed by atoms with Gasteiger partial charge >= 0.3 is 0 Å². The Labute approximate surface area is 156 Å². The van der Waals surface area contributed by atoms with Crippen LogP contribution in [0.2, 0.25) is 0 Å². The lowest BCUT2D eigenvalue weighted by atomic mass is 10.1. The SMILES string of the molecule is COc1cccc(C(=O)N(Cc2ccccc2Br)C(C)CCCO)n1. The fourth-order valence-corrected chi connectivity index (χ4v) is 2.99. The van der Waals surface area contributed by atoms with E-state index in [9.17, 15) is 4.79 Å². The normalized spacial score (nSPS) is 11.8. The van der Waals surface area contributed by atoms with Crippen LogP contribution in [0.15, 0.2) is 46.9 Å². The van der Waals surface area contributed by atoms with E-state index in [-0.39, 0.29) is 18.6 Å². The number of hydrogen-bond donors (Lipinski definition) is 1. The fraction of sp³-hybridized carbons (Fsp3) is 0.368. The highest BCUT2D eigenvalue weighted by Crippen LogP contribution is 2.22. The Morgan fingerprint density at radius 3 is 2.72 bits per heavy atom. The summed E-state index contributed by atoms with van der Waals surface area (Å²) in [6.45, 7) is 2.56. The van der Waals surface area contributed by atoms with Gasteiger partial charge < -0.3 is 14.7 Å². The zero-order valence-electron chi connectivity index (χ0n) is 14.5. The third-order valence-corrected chi connectivity index (χ3v) is 4.80. The van der Waals surface area contributed by atoms with E-state index >= 15 is 0 Å². The van der Waals surface area contributed by atoms with Gasteiger partial charge in [-0.25, -0.2) is 4.98 Å². The molecule has 0 radical (unpaired) electrons. The van der Waals surface area contributed by atoms with Gasteiger partial charge in [-0.15, -0.1) is 0 Å². The first-order chi connectivity index (χ1) is 12.1. The number of rotatable bonds is 8. The molecule has 0 saturated heterocycles. The van der Waals surface area contributed by atoms with Crippen molar-refractivity contribution in [3.8, 4) is 5.88 Å². The van der Waals surface area contributed by atoms with E-state index in [1.165, 1.54) is 7.11 Å². The average molecular weight is 407 g/mol. The Morgan fingerprint density at radius 2 is 2.04 bits per heavy atom. The van der Waals surface area contributed by atoms with Crippen molar-refractivity contribution in [2.24, 2.45) is 0 Å². The minimum atomic E-state index is -0.153. The molecule has 0 bridgehead atoms. The van der Waals surface area contributed by atoms with Gasteiger partial charge in [0.15, 0.2) is 0 Å². The number of nitrogens with zero attached hydrogens (tertiary/aromatic N) is 2. The molecule has 0 spiro atoms. The van der Waals surface area contributed by atoms with Gasteiger partial charge in [-0.1, -0.05) is 40.2 Å². The molecular formula is C19H23BrN2O3. The van der Waals surface area contributed by atoms with Gasteiger partial charge in [0.2, 0.25) is 5.88 Å². The molecule has 1 heterocycles. The summed E-state index contributed by atoms with van der Waals surface area (Å²) in [5, 5.41) is 9.11.